The number of likely N-dealkylation sites (tertiary alicyclic amines) is 1. The summed E-state index contributed by atoms with van der Waals surface area (Å²) >= 11 is 0. The molecule has 0 radical (unpaired) electrons. The third-order valence-electron chi connectivity index (χ3n) is 3.96. The van der Waals surface area contributed by atoms with Crippen LogP contribution in [0.5, 0.6) is 0 Å². The van der Waals surface area contributed by atoms with Gasteiger partial charge in [0.1, 0.15) is 0 Å². The van der Waals surface area contributed by atoms with E-state index < -0.39 is 0 Å². The van der Waals surface area contributed by atoms with Crippen molar-refractivity contribution in [2.75, 3.05) is 32.5 Å². The summed E-state index contributed by atoms with van der Waals surface area (Å²) in [5.41, 5.74) is 1.71. The third kappa shape index (κ3) is 2.34. The monoisotopic (exact) mass is 273 g/mol. The van der Waals surface area contributed by atoms with Gasteiger partial charge in [-0.1, -0.05) is 6.07 Å². The van der Waals surface area contributed by atoms with E-state index in [1.165, 1.54) is 0 Å². The number of amides is 2. The smallest absolute Gasteiger partial charge is 0.321 e. The summed E-state index contributed by atoms with van der Waals surface area (Å²) < 4.78 is 0. The zero-order valence-electron chi connectivity index (χ0n) is 11.8. The molecule has 0 bridgehead atoms. The molecule has 0 spiro atoms. The van der Waals surface area contributed by atoms with E-state index in [0.717, 1.165) is 36.1 Å². The number of benzene rings is 1. The van der Waals surface area contributed by atoms with Gasteiger partial charge in [-0.15, -0.1) is 0 Å². The number of urea groups is 1. The molecule has 6 nitrogen and oxygen atoms in total. The third-order valence-corrected chi connectivity index (χ3v) is 3.96. The van der Waals surface area contributed by atoms with Crippen molar-refractivity contribution < 1.29 is 4.79 Å². The summed E-state index contributed by atoms with van der Waals surface area (Å²) in [4.78, 5) is 16.4. The number of rotatable bonds is 2. The molecule has 0 unspecified atom stereocenters. The Morgan fingerprint density at radius 1 is 1.55 bits per heavy atom. The molecule has 106 valence electrons. The van der Waals surface area contributed by atoms with Gasteiger partial charge in [-0.05, 0) is 32.1 Å². The standard InChI is InChI=1S/C14H19N5O/c1-18-7-6-10(9-18)19(2)14(20)16-12-4-3-5-13-11(12)8-15-17-13/h3-5,8,10H,6-7,9H2,1-2H3,(H,15,17)(H,16,20)/t10-/m0/s1. The van der Waals surface area contributed by atoms with Crippen molar-refractivity contribution in [3.05, 3.63) is 24.4 Å². The van der Waals surface area contributed by atoms with Crippen LogP contribution in [-0.2, 0) is 0 Å². The number of hydrogen-bond donors (Lipinski definition) is 2. The number of fused-ring (bicyclic) bond motifs is 1. The minimum Gasteiger partial charge on any atom is -0.323 e. The van der Waals surface area contributed by atoms with Crippen molar-refractivity contribution in [3.8, 4) is 0 Å². The molecule has 2 heterocycles. The van der Waals surface area contributed by atoms with E-state index in [9.17, 15) is 4.79 Å². The normalized spacial score (nSPS) is 19.4. The highest BCUT2D eigenvalue weighted by Gasteiger charge is 2.26. The largest absolute Gasteiger partial charge is 0.323 e. The molecule has 1 saturated heterocycles. The van der Waals surface area contributed by atoms with Crippen LogP contribution >= 0.6 is 0 Å². The molecular weight excluding hydrogens is 254 g/mol. The Labute approximate surface area is 117 Å². The zero-order chi connectivity index (χ0) is 14.1. The molecule has 2 amide bonds. The van der Waals surface area contributed by atoms with Crippen molar-refractivity contribution >= 4 is 22.6 Å². The number of aromatic nitrogens is 2. The van der Waals surface area contributed by atoms with Crippen LogP contribution in [0.25, 0.3) is 10.9 Å². The van der Waals surface area contributed by atoms with Gasteiger partial charge >= 0.3 is 6.03 Å². The molecule has 6 heteroatoms. The molecule has 1 fully saturated rings. The lowest BCUT2D eigenvalue weighted by Gasteiger charge is -2.24. The molecule has 1 aromatic carbocycles. The van der Waals surface area contributed by atoms with Crippen molar-refractivity contribution in [2.45, 2.75) is 12.5 Å². The number of anilines is 1. The molecule has 3 rings (SSSR count). The Balaban J connectivity index is 1.74. The highest BCUT2D eigenvalue weighted by atomic mass is 16.2. The second-order valence-corrected chi connectivity index (χ2v) is 5.38. The van der Waals surface area contributed by atoms with Crippen LogP contribution in [0.2, 0.25) is 0 Å². The number of aromatic amines is 1. The molecule has 1 aliphatic heterocycles. The Morgan fingerprint density at radius 3 is 3.15 bits per heavy atom. The number of likely N-dealkylation sites (N-methyl/N-ethyl adjacent to an activating group) is 2. The molecule has 2 aromatic rings. The van der Waals surface area contributed by atoms with Gasteiger partial charge in [-0.25, -0.2) is 4.79 Å². The van der Waals surface area contributed by atoms with Crippen LogP contribution < -0.4 is 5.32 Å². The Bertz CT molecular complexity index is 623. The Kier molecular flexibility index (Phi) is 3.31. The van der Waals surface area contributed by atoms with Crippen LogP contribution in [0.3, 0.4) is 0 Å². The lowest BCUT2D eigenvalue weighted by atomic mass is 10.2. The van der Waals surface area contributed by atoms with E-state index >= 15 is 0 Å². The predicted octanol–water partition coefficient (Wildman–Crippen LogP) is 1.73. The summed E-state index contributed by atoms with van der Waals surface area (Å²) in [6.07, 6.45) is 2.75. The molecule has 1 aliphatic rings. The first-order valence-electron chi connectivity index (χ1n) is 6.79. The number of H-pyrrole nitrogens is 1. The van der Waals surface area contributed by atoms with Gasteiger partial charge in [0.15, 0.2) is 0 Å². The van der Waals surface area contributed by atoms with Crippen LogP contribution in [0, 0.1) is 0 Å². The van der Waals surface area contributed by atoms with Gasteiger partial charge in [-0.3, -0.25) is 5.10 Å². The first-order valence-corrected chi connectivity index (χ1v) is 6.79. The maximum Gasteiger partial charge on any atom is 0.321 e. The minimum atomic E-state index is -0.0704. The van der Waals surface area contributed by atoms with Crippen molar-refractivity contribution in [2.24, 2.45) is 0 Å². The highest BCUT2D eigenvalue weighted by Crippen LogP contribution is 2.22. The molecular formula is C14H19N5O. The first kappa shape index (κ1) is 12.9. The van der Waals surface area contributed by atoms with Crippen molar-refractivity contribution in [1.29, 1.82) is 0 Å². The van der Waals surface area contributed by atoms with Crippen molar-refractivity contribution in [3.63, 3.8) is 0 Å². The first-order chi connectivity index (χ1) is 9.65. The zero-order valence-corrected chi connectivity index (χ0v) is 11.8. The average Bonchev–Trinajstić information content (AvgIpc) is 3.06. The van der Waals surface area contributed by atoms with Crippen LogP contribution in [-0.4, -0.2) is 59.3 Å². The summed E-state index contributed by atoms with van der Waals surface area (Å²) in [6.45, 7) is 1.97. The Morgan fingerprint density at radius 2 is 2.40 bits per heavy atom. The second-order valence-electron chi connectivity index (χ2n) is 5.38. The van der Waals surface area contributed by atoms with Gasteiger partial charge in [-0.2, -0.15) is 5.10 Å². The maximum atomic E-state index is 12.3. The average molecular weight is 273 g/mol. The van der Waals surface area contributed by atoms with E-state index in [0.29, 0.717) is 0 Å². The molecule has 1 atom stereocenters. The maximum absolute atomic E-state index is 12.3. The highest BCUT2D eigenvalue weighted by molar-refractivity contribution is 6.00. The molecule has 1 aromatic heterocycles. The fourth-order valence-electron chi connectivity index (χ4n) is 2.67. The SMILES string of the molecule is CN1CC[C@H](N(C)C(=O)Nc2cccc3[nH]ncc23)C1. The van der Waals surface area contributed by atoms with E-state index in [2.05, 4.69) is 27.5 Å². The van der Waals surface area contributed by atoms with E-state index in [1.54, 1.807) is 11.1 Å². The topological polar surface area (TPSA) is 64.3 Å². The fraction of sp³-hybridized carbons (Fsp3) is 0.429. The van der Waals surface area contributed by atoms with Gasteiger partial charge in [0.05, 0.1) is 17.4 Å². The van der Waals surface area contributed by atoms with Crippen molar-refractivity contribution in [1.82, 2.24) is 20.0 Å². The molecule has 0 aliphatic carbocycles. The molecule has 0 saturated carbocycles. The lowest BCUT2D eigenvalue weighted by molar-refractivity contribution is 0.204. The molecule has 20 heavy (non-hydrogen) atoms. The summed E-state index contributed by atoms with van der Waals surface area (Å²) in [7, 11) is 3.94. The fourth-order valence-corrected chi connectivity index (χ4v) is 2.67. The minimum absolute atomic E-state index is 0.0704. The van der Waals surface area contributed by atoms with Gasteiger partial charge in [0, 0.05) is 25.0 Å². The number of hydrogen-bond acceptors (Lipinski definition) is 3. The lowest BCUT2D eigenvalue weighted by Crippen LogP contribution is -2.41. The van der Waals surface area contributed by atoms with E-state index in [4.69, 9.17) is 0 Å². The van der Waals surface area contributed by atoms with Gasteiger partial charge in [0.25, 0.3) is 0 Å². The Hall–Kier alpha value is -2.08. The molecule has 2 N–H and O–H groups in total. The number of carbonyl (C=O) groups is 1. The van der Waals surface area contributed by atoms with Gasteiger partial charge < -0.3 is 15.1 Å². The predicted molar refractivity (Wildman–Crippen MR) is 78.8 cm³/mol. The number of carbonyl (C=O) groups excluding carboxylic acids is 1. The number of nitrogens with zero attached hydrogens (tertiary/aromatic N) is 3. The summed E-state index contributed by atoms with van der Waals surface area (Å²) in [5, 5.41) is 10.8. The van der Waals surface area contributed by atoms with E-state index in [1.807, 2.05) is 25.2 Å². The van der Waals surface area contributed by atoms with Crippen LogP contribution in [0.4, 0.5) is 10.5 Å². The van der Waals surface area contributed by atoms with Gasteiger partial charge in [0.2, 0.25) is 0 Å². The van der Waals surface area contributed by atoms with Crippen LogP contribution in [0.15, 0.2) is 24.4 Å². The summed E-state index contributed by atoms with van der Waals surface area (Å²) in [5.74, 6) is 0. The summed E-state index contributed by atoms with van der Waals surface area (Å²) in [6, 6.07) is 5.94. The second kappa shape index (κ2) is 5.13. The van der Waals surface area contributed by atoms with E-state index in [-0.39, 0.29) is 12.1 Å². The number of nitrogens with one attached hydrogen (secondary N) is 2. The quantitative estimate of drug-likeness (QED) is 0.876. The van der Waals surface area contributed by atoms with Crippen LogP contribution in [0.1, 0.15) is 6.42 Å².